The number of rotatable bonds is 4. The van der Waals surface area contributed by atoms with Gasteiger partial charge in [0.1, 0.15) is 6.61 Å². The van der Waals surface area contributed by atoms with E-state index in [1.54, 1.807) is 11.3 Å². The molecule has 1 atom stereocenters. The van der Waals surface area contributed by atoms with Gasteiger partial charge in [-0.3, -0.25) is 4.79 Å². The lowest BCUT2D eigenvalue weighted by atomic mass is 9.96. The molecule has 1 aliphatic rings. The number of aliphatic hydroxyl groups excluding tert-OH is 1. The molecule has 1 aromatic heterocycles. The standard InChI is InChI=1S/C17H23NO2S/c1-2-4-14-6-7-17(20)18(9-8-14)12-16-11-15(13-21-16)5-3-10-19/h11,13-14,19H,2,4,6-10,12H2,1H3. The molecule has 2 rings (SSSR count). The zero-order valence-corrected chi connectivity index (χ0v) is 13.4. The van der Waals surface area contributed by atoms with Crippen molar-refractivity contribution in [2.75, 3.05) is 13.2 Å². The van der Waals surface area contributed by atoms with Crippen LogP contribution in [-0.2, 0) is 11.3 Å². The Bertz CT molecular complexity index is 526. The predicted molar refractivity (Wildman–Crippen MR) is 85.9 cm³/mol. The zero-order chi connectivity index (χ0) is 15.1. The molecule has 0 spiro atoms. The van der Waals surface area contributed by atoms with Crippen molar-refractivity contribution in [3.05, 3.63) is 21.9 Å². The molecule has 0 bridgehead atoms. The Morgan fingerprint density at radius 3 is 3.10 bits per heavy atom. The molecule has 4 heteroatoms. The molecular weight excluding hydrogens is 282 g/mol. The van der Waals surface area contributed by atoms with Crippen LogP contribution in [0, 0.1) is 17.8 Å². The molecule has 0 saturated carbocycles. The number of aliphatic hydroxyl groups is 1. The van der Waals surface area contributed by atoms with Crippen molar-refractivity contribution in [2.24, 2.45) is 5.92 Å². The highest BCUT2D eigenvalue weighted by atomic mass is 32.1. The van der Waals surface area contributed by atoms with Crippen LogP contribution in [0.4, 0.5) is 0 Å². The van der Waals surface area contributed by atoms with Crippen LogP contribution in [0.25, 0.3) is 0 Å². The first kappa shape index (κ1) is 16.1. The van der Waals surface area contributed by atoms with Gasteiger partial charge in [-0.2, -0.15) is 0 Å². The Morgan fingerprint density at radius 2 is 2.33 bits per heavy atom. The Morgan fingerprint density at radius 1 is 1.48 bits per heavy atom. The number of carbonyl (C=O) groups excluding carboxylic acids is 1. The first-order valence-corrected chi connectivity index (χ1v) is 8.55. The van der Waals surface area contributed by atoms with Gasteiger partial charge in [0.2, 0.25) is 5.91 Å². The second-order valence-corrected chi connectivity index (χ2v) is 6.55. The second-order valence-electron chi connectivity index (χ2n) is 5.56. The van der Waals surface area contributed by atoms with Gasteiger partial charge in [0, 0.05) is 28.8 Å². The fraction of sp³-hybridized carbons (Fsp3) is 0.588. The smallest absolute Gasteiger partial charge is 0.222 e. The van der Waals surface area contributed by atoms with Crippen molar-refractivity contribution in [1.82, 2.24) is 4.90 Å². The van der Waals surface area contributed by atoms with E-state index in [0.29, 0.717) is 18.9 Å². The first-order valence-electron chi connectivity index (χ1n) is 7.67. The monoisotopic (exact) mass is 305 g/mol. The van der Waals surface area contributed by atoms with E-state index in [2.05, 4.69) is 18.8 Å². The molecule has 1 aliphatic heterocycles. The summed E-state index contributed by atoms with van der Waals surface area (Å²) in [5.74, 6) is 6.55. The zero-order valence-electron chi connectivity index (χ0n) is 12.6. The van der Waals surface area contributed by atoms with Crippen LogP contribution in [0.15, 0.2) is 11.4 Å². The molecule has 1 unspecified atom stereocenters. The molecule has 3 nitrogen and oxygen atoms in total. The molecule has 1 aromatic rings. The number of likely N-dealkylation sites (tertiary alicyclic amines) is 1. The van der Waals surface area contributed by atoms with Crippen LogP contribution in [0.5, 0.6) is 0 Å². The van der Waals surface area contributed by atoms with E-state index >= 15 is 0 Å². The van der Waals surface area contributed by atoms with Gasteiger partial charge >= 0.3 is 0 Å². The SMILES string of the molecule is CCCC1CCC(=O)N(Cc2cc(C#CCO)cs2)CC1. The molecule has 1 saturated heterocycles. The van der Waals surface area contributed by atoms with Crippen LogP contribution in [0.3, 0.4) is 0 Å². The highest BCUT2D eigenvalue weighted by molar-refractivity contribution is 7.10. The number of thiophene rings is 1. The van der Waals surface area contributed by atoms with Gasteiger partial charge < -0.3 is 10.0 Å². The van der Waals surface area contributed by atoms with Crippen LogP contribution < -0.4 is 0 Å². The molecule has 114 valence electrons. The third-order valence-corrected chi connectivity index (χ3v) is 4.86. The quantitative estimate of drug-likeness (QED) is 0.869. The Labute approximate surface area is 131 Å². The molecule has 2 heterocycles. The molecule has 1 fully saturated rings. The lowest BCUT2D eigenvalue weighted by Crippen LogP contribution is -2.29. The normalized spacial score (nSPS) is 19.0. The van der Waals surface area contributed by atoms with E-state index in [9.17, 15) is 4.79 Å². The summed E-state index contributed by atoms with van der Waals surface area (Å²) in [6, 6.07) is 2.02. The average Bonchev–Trinajstić information content (AvgIpc) is 2.86. The van der Waals surface area contributed by atoms with Gasteiger partial charge in [-0.1, -0.05) is 31.6 Å². The molecule has 0 radical (unpaired) electrons. The van der Waals surface area contributed by atoms with E-state index in [-0.39, 0.29) is 12.5 Å². The lowest BCUT2D eigenvalue weighted by molar-refractivity contribution is -0.131. The van der Waals surface area contributed by atoms with Gasteiger partial charge in [0.25, 0.3) is 0 Å². The largest absolute Gasteiger partial charge is 0.384 e. The van der Waals surface area contributed by atoms with Gasteiger partial charge in [0.05, 0.1) is 6.54 Å². The molecule has 21 heavy (non-hydrogen) atoms. The van der Waals surface area contributed by atoms with Crippen LogP contribution in [-0.4, -0.2) is 29.1 Å². The van der Waals surface area contributed by atoms with E-state index in [1.165, 1.54) is 17.7 Å². The topological polar surface area (TPSA) is 40.5 Å². The first-order chi connectivity index (χ1) is 10.2. The average molecular weight is 305 g/mol. The van der Waals surface area contributed by atoms with Crippen molar-refractivity contribution >= 4 is 17.2 Å². The maximum atomic E-state index is 12.2. The highest BCUT2D eigenvalue weighted by Crippen LogP contribution is 2.25. The summed E-state index contributed by atoms with van der Waals surface area (Å²) in [6.07, 6.45) is 5.30. The number of carbonyl (C=O) groups is 1. The number of hydrogen-bond donors (Lipinski definition) is 1. The van der Waals surface area contributed by atoms with Crippen LogP contribution >= 0.6 is 11.3 Å². The minimum absolute atomic E-state index is 0.116. The molecule has 0 aromatic carbocycles. The number of hydrogen-bond acceptors (Lipinski definition) is 3. The van der Waals surface area contributed by atoms with Crippen LogP contribution in [0.1, 0.15) is 49.5 Å². The number of amides is 1. The Hall–Kier alpha value is -1.31. The van der Waals surface area contributed by atoms with Crippen molar-refractivity contribution in [2.45, 2.75) is 45.6 Å². The Balaban J connectivity index is 1.95. The molecule has 1 amide bonds. The minimum Gasteiger partial charge on any atom is -0.384 e. The number of nitrogens with zero attached hydrogens (tertiary/aromatic N) is 1. The van der Waals surface area contributed by atoms with Crippen molar-refractivity contribution < 1.29 is 9.90 Å². The highest BCUT2D eigenvalue weighted by Gasteiger charge is 2.22. The van der Waals surface area contributed by atoms with Crippen molar-refractivity contribution in [1.29, 1.82) is 0 Å². The third-order valence-electron chi connectivity index (χ3n) is 3.94. The maximum absolute atomic E-state index is 12.2. The lowest BCUT2D eigenvalue weighted by Gasteiger charge is -2.20. The summed E-state index contributed by atoms with van der Waals surface area (Å²) >= 11 is 1.64. The molecule has 0 aliphatic carbocycles. The summed E-state index contributed by atoms with van der Waals surface area (Å²) in [5.41, 5.74) is 0.926. The van der Waals surface area contributed by atoms with E-state index in [0.717, 1.165) is 24.9 Å². The third kappa shape index (κ3) is 4.87. The van der Waals surface area contributed by atoms with Crippen molar-refractivity contribution in [3.63, 3.8) is 0 Å². The fourth-order valence-electron chi connectivity index (χ4n) is 2.82. The van der Waals surface area contributed by atoms with Crippen molar-refractivity contribution in [3.8, 4) is 11.8 Å². The maximum Gasteiger partial charge on any atom is 0.222 e. The van der Waals surface area contributed by atoms with E-state index in [4.69, 9.17) is 5.11 Å². The summed E-state index contributed by atoms with van der Waals surface area (Å²) in [5, 5.41) is 10.7. The van der Waals surface area contributed by atoms with Gasteiger partial charge in [-0.25, -0.2) is 0 Å². The fourth-order valence-corrected chi connectivity index (χ4v) is 3.65. The summed E-state index contributed by atoms with van der Waals surface area (Å²) in [4.78, 5) is 15.4. The molecular formula is C17H23NO2S. The van der Waals surface area contributed by atoms with Gasteiger partial charge in [-0.15, -0.1) is 11.3 Å². The van der Waals surface area contributed by atoms with E-state index in [1.807, 2.05) is 16.3 Å². The summed E-state index contributed by atoms with van der Waals surface area (Å²) < 4.78 is 0. The van der Waals surface area contributed by atoms with E-state index < -0.39 is 0 Å². The summed E-state index contributed by atoms with van der Waals surface area (Å²) in [7, 11) is 0. The Kier molecular flexibility index (Phi) is 6.28. The second kappa shape index (κ2) is 8.21. The van der Waals surface area contributed by atoms with Gasteiger partial charge in [-0.05, 0) is 24.8 Å². The summed E-state index contributed by atoms with van der Waals surface area (Å²) in [6.45, 7) is 3.67. The van der Waals surface area contributed by atoms with Crippen LogP contribution in [0.2, 0.25) is 0 Å². The predicted octanol–water partition coefficient (Wildman–Crippen LogP) is 3.02. The minimum atomic E-state index is -0.116. The van der Waals surface area contributed by atoms with Gasteiger partial charge in [0.15, 0.2) is 0 Å². The molecule has 1 N–H and O–H groups in total.